The summed E-state index contributed by atoms with van der Waals surface area (Å²) in [6, 6.07) is 14.0. The molecule has 0 saturated carbocycles. The van der Waals surface area contributed by atoms with E-state index < -0.39 is 0 Å². The van der Waals surface area contributed by atoms with E-state index in [-0.39, 0.29) is 5.88 Å². The Morgan fingerprint density at radius 1 is 1.13 bits per heavy atom. The Bertz CT molecular complexity index is 500. The van der Waals surface area contributed by atoms with Gasteiger partial charge in [-0.1, -0.05) is 36.4 Å². The second-order valence-corrected chi connectivity index (χ2v) is 3.50. The van der Waals surface area contributed by atoms with Crippen molar-refractivity contribution in [2.24, 2.45) is 10.7 Å². The molecule has 76 valence electrons. The summed E-state index contributed by atoms with van der Waals surface area (Å²) in [4.78, 5) is 4.27. The maximum Gasteiger partial charge on any atom is 0.115 e. The van der Waals surface area contributed by atoms with E-state index in [2.05, 4.69) is 4.99 Å². The highest BCUT2D eigenvalue weighted by Gasteiger charge is 1.98. The van der Waals surface area contributed by atoms with Crippen molar-refractivity contribution in [3.05, 3.63) is 42.5 Å². The summed E-state index contributed by atoms with van der Waals surface area (Å²) in [6.07, 6.45) is 0. The van der Waals surface area contributed by atoms with Crippen molar-refractivity contribution in [1.29, 1.82) is 0 Å². The summed E-state index contributed by atoms with van der Waals surface area (Å²) in [7, 11) is 0. The maximum absolute atomic E-state index is 5.61. The van der Waals surface area contributed by atoms with Crippen LogP contribution in [0.2, 0.25) is 0 Å². The lowest BCUT2D eigenvalue weighted by Crippen LogP contribution is -2.12. The molecule has 0 aliphatic rings. The third-order valence-corrected chi connectivity index (χ3v) is 2.44. The molecule has 15 heavy (non-hydrogen) atoms. The molecular weight excluding hydrogens is 208 g/mol. The molecule has 0 atom stereocenters. The number of aliphatic imine (C=N–C) groups is 1. The maximum atomic E-state index is 5.61. The summed E-state index contributed by atoms with van der Waals surface area (Å²) >= 11 is 5.60. The van der Waals surface area contributed by atoms with Crippen molar-refractivity contribution in [1.82, 2.24) is 0 Å². The number of amidine groups is 1. The number of benzene rings is 2. The first kappa shape index (κ1) is 9.99. The highest BCUT2D eigenvalue weighted by molar-refractivity contribution is 6.28. The summed E-state index contributed by atoms with van der Waals surface area (Å²) in [5.41, 5.74) is 6.48. The Balaban J connectivity index is 2.61. The van der Waals surface area contributed by atoms with Crippen LogP contribution in [0.4, 0.5) is 5.69 Å². The number of fused-ring (bicyclic) bond motifs is 1. The van der Waals surface area contributed by atoms with E-state index >= 15 is 0 Å². The van der Waals surface area contributed by atoms with Crippen molar-refractivity contribution in [3.8, 4) is 0 Å². The first-order valence-corrected chi connectivity index (χ1v) is 5.21. The molecule has 2 rings (SSSR count). The van der Waals surface area contributed by atoms with E-state index in [1.165, 1.54) is 0 Å². The Hall–Kier alpha value is -1.54. The molecular formula is C12H11ClN2. The Labute approximate surface area is 93.4 Å². The van der Waals surface area contributed by atoms with Crippen molar-refractivity contribution in [2.45, 2.75) is 0 Å². The Morgan fingerprint density at radius 2 is 1.87 bits per heavy atom. The lowest BCUT2D eigenvalue weighted by molar-refractivity contribution is 1.48. The molecule has 3 heteroatoms. The molecule has 0 unspecified atom stereocenters. The average Bonchev–Trinajstić information content (AvgIpc) is 2.29. The molecule has 2 N–H and O–H groups in total. The third-order valence-electron chi connectivity index (χ3n) is 2.17. The van der Waals surface area contributed by atoms with Gasteiger partial charge in [0, 0.05) is 5.39 Å². The van der Waals surface area contributed by atoms with Crippen LogP contribution in [0.3, 0.4) is 0 Å². The average molecular weight is 219 g/mol. The molecule has 0 aliphatic carbocycles. The van der Waals surface area contributed by atoms with E-state index in [1.54, 1.807) is 0 Å². The second-order valence-electron chi connectivity index (χ2n) is 3.24. The van der Waals surface area contributed by atoms with Crippen molar-refractivity contribution < 1.29 is 0 Å². The number of nitrogens with zero attached hydrogens (tertiary/aromatic N) is 1. The fraction of sp³-hybridized carbons (Fsp3) is 0.0833. The standard InChI is InChI=1S/C12H11ClN2/c13-8-12(14)15-11-7-3-5-9-4-1-2-6-10(9)11/h1-7H,8H2,(H2,14,15). The normalized spacial score (nSPS) is 11.9. The number of hydrogen-bond acceptors (Lipinski definition) is 1. The monoisotopic (exact) mass is 218 g/mol. The largest absolute Gasteiger partial charge is 0.386 e. The summed E-state index contributed by atoms with van der Waals surface area (Å²) in [5, 5.41) is 2.24. The molecule has 0 saturated heterocycles. The lowest BCUT2D eigenvalue weighted by Gasteiger charge is -2.02. The van der Waals surface area contributed by atoms with Gasteiger partial charge in [-0.15, -0.1) is 11.6 Å². The molecule has 2 aromatic carbocycles. The van der Waals surface area contributed by atoms with Crippen LogP contribution in [0.1, 0.15) is 0 Å². The number of hydrogen-bond donors (Lipinski definition) is 1. The van der Waals surface area contributed by atoms with Gasteiger partial charge >= 0.3 is 0 Å². The first-order valence-electron chi connectivity index (χ1n) is 4.68. The van der Waals surface area contributed by atoms with Gasteiger partial charge in [-0.2, -0.15) is 0 Å². The Morgan fingerprint density at radius 3 is 2.67 bits per heavy atom. The minimum absolute atomic E-state index is 0.253. The smallest absolute Gasteiger partial charge is 0.115 e. The number of rotatable bonds is 2. The molecule has 2 nitrogen and oxygen atoms in total. The van der Waals surface area contributed by atoms with Gasteiger partial charge in [0.05, 0.1) is 11.6 Å². The number of alkyl halides is 1. The molecule has 0 aromatic heterocycles. The van der Waals surface area contributed by atoms with Crippen LogP contribution >= 0.6 is 11.6 Å². The molecule has 0 heterocycles. The summed E-state index contributed by atoms with van der Waals surface area (Å²) in [6.45, 7) is 0. The van der Waals surface area contributed by atoms with Crippen LogP contribution in [0.15, 0.2) is 47.5 Å². The molecule has 0 aliphatic heterocycles. The van der Waals surface area contributed by atoms with Crippen LogP contribution in [0.5, 0.6) is 0 Å². The van der Waals surface area contributed by atoms with Gasteiger partial charge in [-0.3, -0.25) is 0 Å². The number of nitrogens with two attached hydrogens (primary N) is 1. The van der Waals surface area contributed by atoms with Crippen LogP contribution in [-0.2, 0) is 0 Å². The highest BCUT2D eigenvalue weighted by atomic mass is 35.5. The predicted molar refractivity (Wildman–Crippen MR) is 66.0 cm³/mol. The fourth-order valence-electron chi connectivity index (χ4n) is 1.49. The topological polar surface area (TPSA) is 38.4 Å². The minimum Gasteiger partial charge on any atom is -0.386 e. The van der Waals surface area contributed by atoms with Gasteiger partial charge in [0.25, 0.3) is 0 Å². The zero-order valence-corrected chi connectivity index (χ0v) is 8.91. The van der Waals surface area contributed by atoms with Gasteiger partial charge in [-0.05, 0) is 11.5 Å². The van der Waals surface area contributed by atoms with Gasteiger partial charge in [0.15, 0.2) is 0 Å². The molecule has 0 spiro atoms. The summed E-state index contributed by atoms with van der Waals surface area (Å²) in [5.74, 6) is 0.691. The SMILES string of the molecule is NC(CCl)=Nc1cccc2ccccc12. The van der Waals surface area contributed by atoms with Gasteiger partial charge in [0.2, 0.25) is 0 Å². The van der Waals surface area contributed by atoms with E-state index in [9.17, 15) is 0 Å². The van der Waals surface area contributed by atoms with E-state index in [1.807, 2.05) is 42.5 Å². The van der Waals surface area contributed by atoms with Crippen molar-refractivity contribution in [3.63, 3.8) is 0 Å². The van der Waals surface area contributed by atoms with E-state index in [4.69, 9.17) is 17.3 Å². The van der Waals surface area contributed by atoms with Crippen LogP contribution in [0, 0.1) is 0 Å². The lowest BCUT2D eigenvalue weighted by atomic mass is 10.1. The predicted octanol–water partition coefficient (Wildman–Crippen LogP) is 3.07. The Kier molecular flexibility index (Phi) is 2.88. The molecule has 0 bridgehead atoms. The third kappa shape index (κ3) is 2.10. The highest BCUT2D eigenvalue weighted by Crippen LogP contribution is 2.25. The number of halogens is 1. The molecule has 0 fully saturated rings. The summed E-state index contributed by atoms with van der Waals surface area (Å²) < 4.78 is 0. The van der Waals surface area contributed by atoms with Crippen LogP contribution in [-0.4, -0.2) is 11.7 Å². The van der Waals surface area contributed by atoms with Gasteiger partial charge < -0.3 is 5.73 Å². The molecule has 0 amide bonds. The van der Waals surface area contributed by atoms with E-state index in [0.29, 0.717) is 5.84 Å². The van der Waals surface area contributed by atoms with Gasteiger partial charge in [0.1, 0.15) is 5.84 Å². The quantitative estimate of drug-likeness (QED) is 0.470. The van der Waals surface area contributed by atoms with Crippen molar-refractivity contribution >= 4 is 33.9 Å². The fourth-order valence-corrected chi connectivity index (χ4v) is 1.55. The van der Waals surface area contributed by atoms with Gasteiger partial charge in [-0.25, -0.2) is 4.99 Å². The molecule has 2 aromatic rings. The van der Waals surface area contributed by atoms with Crippen molar-refractivity contribution in [2.75, 3.05) is 5.88 Å². The van der Waals surface area contributed by atoms with E-state index in [0.717, 1.165) is 16.5 Å². The zero-order valence-electron chi connectivity index (χ0n) is 8.15. The zero-order chi connectivity index (χ0) is 10.7. The van der Waals surface area contributed by atoms with Crippen LogP contribution < -0.4 is 5.73 Å². The first-order chi connectivity index (χ1) is 7.31. The van der Waals surface area contributed by atoms with Crippen LogP contribution in [0.25, 0.3) is 10.8 Å². The second kappa shape index (κ2) is 4.32. The minimum atomic E-state index is 0.253. The molecule has 0 radical (unpaired) electrons.